The Hall–Kier alpha value is -1.67. The largest absolute Gasteiger partial charge is 0.491 e. The van der Waals surface area contributed by atoms with Gasteiger partial charge in [0.25, 0.3) is 11.8 Å². The van der Waals surface area contributed by atoms with Gasteiger partial charge in [-0.1, -0.05) is 6.92 Å². The first-order valence-electron chi connectivity index (χ1n) is 6.42. The molecule has 116 valence electrons. The lowest BCUT2D eigenvalue weighted by Gasteiger charge is -2.14. The molecule has 0 radical (unpaired) electrons. The van der Waals surface area contributed by atoms with Crippen molar-refractivity contribution in [1.29, 1.82) is 0 Å². The van der Waals surface area contributed by atoms with E-state index in [2.05, 4.69) is 31.9 Å². The molecule has 0 atom stereocenters. The van der Waals surface area contributed by atoms with E-state index in [0.29, 0.717) is 26.9 Å². The summed E-state index contributed by atoms with van der Waals surface area (Å²) in [7, 11) is 0. The van der Waals surface area contributed by atoms with E-state index < -0.39 is 17.8 Å². The Morgan fingerprint density at radius 2 is 1.64 bits per heavy atom. The molecule has 0 spiro atoms. The van der Waals surface area contributed by atoms with Crippen LogP contribution in [-0.2, 0) is 9.59 Å². The number of ether oxygens (including phenoxy) is 1. The summed E-state index contributed by atoms with van der Waals surface area (Å²) < 4.78 is 6.98. The summed E-state index contributed by atoms with van der Waals surface area (Å²) in [6.45, 7) is 2.58. The lowest BCUT2D eigenvalue weighted by molar-refractivity contribution is -0.123. The molecule has 1 aromatic rings. The van der Waals surface area contributed by atoms with Crippen molar-refractivity contribution in [2.24, 2.45) is 0 Å². The smallest absolute Gasteiger partial charge is 0.328 e. The number of imide groups is 2. The highest BCUT2D eigenvalue weighted by molar-refractivity contribution is 9.11. The van der Waals surface area contributed by atoms with E-state index in [1.165, 1.54) is 6.08 Å². The van der Waals surface area contributed by atoms with Crippen LogP contribution in [0.2, 0.25) is 0 Å². The third-order valence-corrected chi connectivity index (χ3v) is 3.90. The summed E-state index contributed by atoms with van der Waals surface area (Å²) in [6, 6.07) is 2.62. The van der Waals surface area contributed by atoms with Crippen LogP contribution in [0.1, 0.15) is 18.9 Å². The SMILES string of the molecule is CCCOc1c(Br)cc(C=C2C(=O)NC(=O)NC2=O)cc1Br. The number of nitrogens with one attached hydrogen (secondary N) is 2. The second-order valence-electron chi connectivity index (χ2n) is 4.46. The normalized spacial score (nSPS) is 14.5. The van der Waals surface area contributed by atoms with Crippen LogP contribution >= 0.6 is 31.9 Å². The molecule has 1 aliphatic rings. The highest BCUT2D eigenvalue weighted by Gasteiger charge is 2.27. The molecule has 1 aliphatic heterocycles. The number of hydrogen-bond acceptors (Lipinski definition) is 4. The van der Waals surface area contributed by atoms with Crippen molar-refractivity contribution >= 4 is 55.8 Å². The fourth-order valence-electron chi connectivity index (χ4n) is 1.78. The Morgan fingerprint density at radius 1 is 1.09 bits per heavy atom. The van der Waals surface area contributed by atoms with Gasteiger partial charge in [-0.15, -0.1) is 0 Å². The fourth-order valence-corrected chi connectivity index (χ4v) is 3.23. The number of barbiturate groups is 1. The van der Waals surface area contributed by atoms with E-state index >= 15 is 0 Å². The average Bonchev–Trinajstić information content (AvgIpc) is 2.42. The van der Waals surface area contributed by atoms with Gasteiger partial charge in [0.1, 0.15) is 11.3 Å². The Bertz CT molecular complexity index is 640. The second-order valence-corrected chi connectivity index (χ2v) is 6.17. The maximum absolute atomic E-state index is 11.7. The fraction of sp³-hybridized carbons (Fsp3) is 0.214. The first kappa shape index (κ1) is 16.7. The summed E-state index contributed by atoms with van der Waals surface area (Å²) in [6.07, 6.45) is 2.27. The zero-order valence-corrected chi connectivity index (χ0v) is 14.7. The Labute approximate surface area is 143 Å². The quantitative estimate of drug-likeness (QED) is 0.567. The van der Waals surface area contributed by atoms with Crippen LogP contribution in [0.5, 0.6) is 5.75 Å². The first-order chi connectivity index (χ1) is 10.4. The summed E-state index contributed by atoms with van der Waals surface area (Å²) in [4.78, 5) is 34.4. The maximum atomic E-state index is 11.7. The number of carbonyl (C=O) groups is 3. The Kier molecular flexibility index (Phi) is 5.36. The minimum Gasteiger partial charge on any atom is -0.491 e. The molecule has 1 heterocycles. The number of hydrogen-bond donors (Lipinski definition) is 2. The van der Waals surface area contributed by atoms with Crippen molar-refractivity contribution in [2.75, 3.05) is 6.61 Å². The van der Waals surface area contributed by atoms with Crippen LogP contribution in [0.25, 0.3) is 6.08 Å². The van der Waals surface area contributed by atoms with E-state index in [1.807, 2.05) is 17.6 Å². The molecule has 2 rings (SSSR count). The summed E-state index contributed by atoms with van der Waals surface area (Å²) in [5.74, 6) is -0.809. The van der Waals surface area contributed by atoms with Gasteiger partial charge in [0.2, 0.25) is 0 Å². The minimum absolute atomic E-state index is 0.138. The molecule has 0 unspecified atom stereocenters. The predicted molar refractivity (Wildman–Crippen MR) is 87.3 cm³/mol. The lowest BCUT2D eigenvalue weighted by atomic mass is 10.1. The van der Waals surface area contributed by atoms with Crippen LogP contribution in [-0.4, -0.2) is 24.5 Å². The molecular formula is C14H12Br2N2O4. The lowest BCUT2D eigenvalue weighted by Crippen LogP contribution is -2.51. The van der Waals surface area contributed by atoms with E-state index in [4.69, 9.17) is 4.74 Å². The van der Waals surface area contributed by atoms with Crippen molar-refractivity contribution < 1.29 is 19.1 Å². The molecule has 1 fully saturated rings. The molecule has 22 heavy (non-hydrogen) atoms. The molecule has 4 amide bonds. The van der Waals surface area contributed by atoms with E-state index in [1.54, 1.807) is 12.1 Å². The summed E-state index contributed by atoms with van der Waals surface area (Å²) >= 11 is 6.79. The Morgan fingerprint density at radius 3 is 2.14 bits per heavy atom. The molecule has 1 saturated heterocycles. The van der Waals surface area contributed by atoms with Crippen molar-refractivity contribution in [1.82, 2.24) is 10.6 Å². The summed E-state index contributed by atoms with van der Waals surface area (Å²) in [5.41, 5.74) is 0.470. The van der Waals surface area contributed by atoms with E-state index in [-0.39, 0.29) is 5.57 Å². The highest BCUT2D eigenvalue weighted by atomic mass is 79.9. The van der Waals surface area contributed by atoms with Crippen molar-refractivity contribution in [3.8, 4) is 5.75 Å². The minimum atomic E-state index is -0.821. The van der Waals surface area contributed by atoms with Gasteiger partial charge in [-0.05, 0) is 62.1 Å². The average molecular weight is 432 g/mol. The molecule has 2 N–H and O–H groups in total. The summed E-state index contributed by atoms with van der Waals surface area (Å²) in [5, 5.41) is 4.04. The van der Waals surface area contributed by atoms with Gasteiger partial charge in [0, 0.05) is 0 Å². The van der Waals surface area contributed by atoms with Crippen molar-refractivity contribution in [3.05, 3.63) is 32.2 Å². The van der Waals surface area contributed by atoms with Crippen molar-refractivity contribution in [3.63, 3.8) is 0 Å². The third kappa shape index (κ3) is 3.75. The van der Waals surface area contributed by atoms with Gasteiger partial charge in [-0.3, -0.25) is 20.2 Å². The highest BCUT2D eigenvalue weighted by Crippen LogP contribution is 2.35. The van der Waals surface area contributed by atoms with E-state index in [0.717, 1.165) is 6.42 Å². The standard InChI is InChI=1S/C14H12Br2N2O4/c1-2-3-22-11-9(15)5-7(6-10(11)16)4-8-12(19)17-14(21)18-13(8)20/h4-6H,2-3H2,1H3,(H2,17,18,19,20,21). The predicted octanol–water partition coefficient (Wildman–Crippen LogP) is 2.75. The van der Waals surface area contributed by atoms with Crippen LogP contribution in [0.4, 0.5) is 4.79 Å². The number of rotatable bonds is 4. The van der Waals surface area contributed by atoms with Gasteiger partial charge in [-0.25, -0.2) is 4.79 Å². The van der Waals surface area contributed by atoms with Gasteiger partial charge in [0.15, 0.2) is 0 Å². The maximum Gasteiger partial charge on any atom is 0.328 e. The third-order valence-electron chi connectivity index (χ3n) is 2.73. The topological polar surface area (TPSA) is 84.5 Å². The van der Waals surface area contributed by atoms with E-state index in [9.17, 15) is 14.4 Å². The molecule has 0 aromatic heterocycles. The molecule has 0 bridgehead atoms. The first-order valence-corrected chi connectivity index (χ1v) is 8.01. The van der Waals surface area contributed by atoms with Gasteiger partial charge in [0.05, 0.1) is 15.6 Å². The molecule has 8 heteroatoms. The monoisotopic (exact) mass is 430 g/mol. The number of carbonyl (C=O) groups excluding carboxylic acids is 3. The van der Waals surface area contributed by atoms with Crippen molar-refractivity contribution in [2.45, 2.75) is 13.3 Å². The zero-order chi connectivity index (χ0) is 16.3. The number of benzene rings is 1. The molecule has 6 nitrogen and oxygen atoms in total. The van der Waals surface area contributed by atoms with Gasteiger partial charge < -0.3 is 4.74 Å². The Balaban J connectivity index is 2.34. The second kappa shape index (κ2) is 7.06. The molecule has 0 aliphatic carbocycles. The van der Waals surface area contributed by atoms with Gasteiger partial charge in [-0.2, -0.15) is 0 Å². The molecule has 1 aromatic carbocycles. The number of amides is 4. The van der Waals surface area contributed by atoms with Crippen LogP contribution in [0.15, 0.2) is 26.7 Å². The molecular weight excluding hydrogens is 420 g/mol. The zero-order valence-electron chi connectivity index (χ0n) is 11.5. The van der Waals surface area contributed by atoms with Crippen LogP contribution in [0.3, 0.4) is 0 Å². The van der Waals surface area contributed by atoms with Crippen LogP contribution in [0, 0.1) is 0 Å². The number of halogens is 2. The number of urea groups is 1. The molecule has 0 saturated carbocycles. The van der Waals surface area contributed by atoms with Gasteiger partial charge >= 0.3 is 6.03 Å². The van der Waals surface area contributed by atoms with Crippen LogP contribution < -0.4 is 15.4 Å².